The van der Waals surface area contributed by atoms with Crippen LogP contribution in [0.25, 0.3) is 5.57 Å². The van der Waals surface area contributed by atoms with Gasteiger partial charge in [0.2, 0.25) is 0 Å². The minimum atomic E-state index is -0.490. The van der Waals surface area contributed by atoms with Crippen LogP contribution in [0.15, 0.2) is 42.6 Å². The van der Waals surface area contributed by atoms with Crippen LogP contribution in [0.1, 0.15) is 26.3 Å². The Morgan fingerprint density at radius 3 is 2.67 bits per heavy atom. The van der Waals surface area contributed by atoms with Gasteiger partial charge in [-0.2, -0.15) is 0 Å². The molecule has 1 aliphatic rings. The Kier molecular flexibility index (Phi) is 3.24. The minimum Gasteiger partial charge on any atom is -0.456 e. The number of esters is 1. The molecule has 0 saturated carbocycles. The molecule has 0 bridgehead atoms. The number of hydrogen-bond acceptors (Lipinski definition) is 3. The van der Waals surface area contributed by atoms with Gasteiger partial charge in [-0.1, -0.05) is 18.2 Å². The fourth-order valence-corrected chi connectivity index (χ4v) is 1.73. The van der Waals surface area contributed by atoms with Crippen molar-refractivity contribution in [3.8, 4) is 0 Å². The summed E-state index contributed by atoms with van der Waals surface area (Å²) < 4.78 is 5.42. The lowest BCUT2D eigenvalue weighted by Gasteiger charge is -2.21. The Morgan fingerprint density at radius 1 is 1.22 bits per heavy atom. The van der Waals surface area contributed by atoms with Gasteiger partial charge in [0.05, 0.1) is 5.57 Å². The largest absolute Gasteiger partial charge is 0.456 e. The summed E-state index contributed by atoms with van der Waals surface area (Å²) in [4.78, 5) is 12.2. The SMILES string of the molecule is CC(C)(C)OC(=O)C1=CC=CNc2ccccc21. The van der Waals surface area contributed by atoms with Crippen LogP contribution in [0.4, 0.5) is 5.69 Å². The first kappa shape index (κ1) is 12.4. The van der Waals surface area contributed by atoms with E-state index in [4.69, 9.17) is 4.74 Å². The molecule has 0 spiro atoms. The van der Waals surface area contributed by atoms with Crippen molar-refractivity contribution in [2.75, 3.05) is 5.32 Å². The third-order valence-electron chi connectivity index (χ3n) is 2.43. The molecule has 1 aliphatic heterocycles. The molecule has 0 atom stereocenters. The summed E-state index contributed by atoms with van der Waals surface area (Å²) in [6.45, 7) is 5.59. The zero-order valence-corrected chi connectivity index (χ0v) is 10.9. The normalized spacial score (nSPS) is 14.1. The van der Waals surface area contributed by atoms with E-state index in [1.165, 1.54) is 0 Å². The van der Waals surface area contributed by atoms with Gasteiger partial charge in [-0.05, 0) is 39.0 Å². The zero-order chi connectivity index (χ0) is 13.2. The van der Waals surface area contributed by atoms with E-state index in [0.717, 1.165) is 11.3 Å². The molecule has 0 amide bonds. The van der Waals surface area contributed by atoms with E-state index in [9.17, 15) is 4.79 Å². The van der Waals surface area contributed by atoms with Crippen LogP contribution in [0.2, 0.25) is 0 Å². The molecule has 3 heteroatoms. The van der Waals surface area contributed by atoms with Crippen molar-refractivity contribution in [3.63, 3.8) is 0 Å². The van der Waals surface area contributed by atoms with Crippen LogP contribution in [0.5, 0.6) is 0 Å². The molecule has 0 radical (unpaired) electrons. The van der Waals surface area contributed by atoms with Crippen LogP contribution in [0.3, 0.4) is 0 Å². The van der Waals surface area contributed by atoms with Crippen LogP contribution >= 0.6 is 0 Å². The topological polar surface area (TPSA) is 38.3 Å². The second kappa shape index (κ2) is 4.69. The highest BCUT2D eigenvalue weighted by molar-refractivity contribution is 6.18. The number of fused-ring (bicyclic) bond motifs is 1. The van der Waals surface area contributed by atoms with Gasteiger partial charge in [0.1, 0.15) is 5.60 Å². The average Bonchev–Trinajstić information content (AvgIpc) is 2.48. The molecule has 1 heterocycles. The van der Waals surface area contributed by atoms with Crippen molar-refractivity contribution < 1.29 is 9.53 Å². The number of hydrogen-bond donors (Lipinski definition) is 1. The van der Waals surface area contributed by atoms with Crippen molar-refractivity contribution in [3.05, 3.63) is 48.2 Å². The lowest BCUT2D eigenvalue weighted by molar-refractivity contribution is -0.147. The van der Waals surface area contributed by atoms with Crippen LogP contribution in [-0.4, -0.2) is 11.6 Å². The fourth-order valence-electron chi connectivity index (χ4n) is 1.73. The molecule has 0 unspecified atom stereocenters. The second-order valence-electron chi connectivity index (χ2n) is 5.13. The standard InChI is InChI=1S/C15H17NO2/c1-15(2,3)18-14(17)12-8-6-10-16-13-9-5-4-7-11(12)13/h4-10,16H,1-3H3. The van der Waals surface area contributed by atoms with Gasteiger partial charge in [-0.25, -0.2) is 4.79 Å². The molecule has 94 valence electrons. The molecule has 1 aromatic carbocycles. The van der Waals surface area contributed by atoms with E-state index < -0.39 is 5.60 Å². The molecule has 2 rings (SSSR count). The van der Waals surface area contributed by atoms with Crippen LogP contribution < -0.4 is 5.32 Å². The molecule has 3 nitrogen and oxygen atoms in total. The third kappa shape index (κ3) is 2.80. The quantitative estimate of drug-likeness (QED) is 0.769. The number of anilines is 1. The summed E-state index contributed by atoms with van der Waals surface area (Å²) in [5.41, 5.74) is 1.85. The van der Waals surface area contributed by atoms with E-state index in [0.29, 0.717) is 5.57 Å². The van der Waals surface area contributed by atoms with Crippen molar-refractivity contribution in [2.45, 2.75) is 26.4 Å². The van der Waals surface area contributed by atoms with Crippen LogP contribution in [-0.2, 0) is 9.53 Å². The zero-order valence-electron chi connectivity index (χ0n) is 10.9. The van der Waals surface area contributed by atoms with E-state index in [1.807, 2.05) is 45.0 Å². The number of ether oxygens (including phenoxy) is 1. The maximum Gasteiger partial charge on any atom is 0.339 e. The number of benzene rings is 1. The summed E-state index contributed by atoms with van der Waals surface area (Å²) >= 11 is 0. The van der Waals surface area contributed by atoms with Gasteiger partial charge in [0, 0.05) is 17.5 Å². The number of carbonyl (C=O) groups is 1. The van der Waals surface area contributed by atoms with E-state index >= 15 is 0 Å². The first-order valence-corrected chi connectivity index (χ1v) is 5.93. The van der Waals surface area contributed by atoms with Crippen molar-refractivity contribution >= 4 is 17.2 Å². The molecule has 0 aromatic heterocycles. The van der Waals surface area contributed by atoms with Gasteiger partial charge in [0.15, 0.2) is 0 Å². The highest BCUT2D eigenvalue weighted by atomic mass is 16.6. The highest BCUT2D eigenvalue weighted by Crippen LogP contribution is 2.28. The molecule has 18 heavy (non-hydrogen) atoms. The van der Waals surface area contributed by atoms with E-state index in [2.05, 4.69) is 5.32 Å². The summed E-state index contributed by atoms with van der Waals surface area (Å²) in [7, 11) is 0. The lowest BCUT2D eigenvalue weighted by atomic mass is 10.0. The summed E-state index contributed by atoms with van der Waals surface area (Å²) in [6.07, 6.45) is 5.38. The van der Waals surface area contributed by atoms with Gasteiger partial charge in [0.25, 0.3) is 0 Å². The average molecular weight is 243 g/mol. The highest BCUT2D eigenvalue weighted by Gasteiger charge is 2.22. The van der Waals surface area contributed by atoms with E-state index in [-0.39, 0.29) is 5.97 Å². The Bertz CT molecular complexity index is 522. The van der Waals surface area contributed by atoms with E-state index in [1.54, 1.807) is 18.4 Å². The van der Waals surface area contributed by atoms with Gasteiger partial charge < -0.3 is 10.1 Å². The van der Waals surface area contributed by atoms with Gasteiger partial charge >= 0.3 is 5.97 Å². The number of carbonyl (C=O) groups excluding carboxylic acids is 1. The Morgan fingerprint density at radius 2 is 1.94 bits per heavy atom. The maximum atomic E-state index is 12.2. The maximum absolute atomic E-state index is 12.2. The summed E-state index contributed by atoms with van der Waals surface area (Å²) in [6, 6.07) is 7.68. The second-order valence-corrected chi connectivity index (χ2v) is 5.13. The monoisotopic (exact) mass is 243 g/mol. The summed E-state index contributed by atoms with van der Waals surface area (Å²) in [5.74, 6) is -0.302. The van der Waals surface area contributed by atoms with Gasteiger partial charge in [-0.15, -0.1) is 0 Å². The lowest BCUT2D eigenvalue weighted by Crippen LogP contribution is -2.24. The molecule has 0 aliphatic carbocycles. The predicted molar refractivity (Wildman–Crippen MR) is 73.0 cm³/mol. The Balaban J connectivity index is 2.36. The number of rotatable bonds is 1. The number of allylic oxidation sites excluding steroid dienone is 2. The van der Waals surface area contributed by atoms with Crippen molar-refractivity contribution in [1.29, 1.82) is 0 Å². The van der Waals surface area contributed by atoms with Crippen molar-refractivity contribution in [1.82, 2.24) is 0 Å². The smallest absolute Gasteiger partial charge is 0.339 e. The predicted octanol–water partition coefficient (Wildman–Crippen LogP) is 3.35. The Labute approximate surface area is 107 Å². The Hall–Kier alpha value is -2.03. The van der Waals surface area contributed by atoms with Gasteiger partial charge in [-0.3, -0.25) is 0 Å². The molecule has 1 N–H and O–H groups in total. The summed E-state index contributed by atoms with van der Waals surface area (Å²) in [5, 5.41) is 3.13. The molecule has 0 fully saturated rings. The van der Waals surface area contributed by atoms with Crippen molar-refractivity contribution in [2.24, 2.45) is 0 Å². The molecular weight excluding hydrogens is 226 g/mol. The fraction of sp³-hybridized carbons (Fsp3) is 0.267. The molecule has 1 aromatic rings. The first-order chi connectivity index (χ1) is 8.47. The first-order valence-electron chi connectivity index (χ1n) is 5.93. The number of para-hydroxylation sites is 1. The van der Waals surface area contributed by atoms with Crippen LogP contribution in [0, 0.1) is 0 Å². The minimum absolute atomic E-state index is 0.302. The molecule has 0 saturated heterocycles. The molecular formula is C15H17NO2. The number of nitrogens with one attached hydrogen (secondary N) is 1. The third-order valence-corrected chi connectivity index (χ3v) is 2.43.